The fourth-order valence-electron chi connectivity index (χ4n) is 4.68. The average molecular weight is 437 g/mol. The van der Waals surface area contributed by atoms with E-state index >= 15 is 0 Å². The van der Waals surface area contributed by atoms with E-state index in [0.29, 0.717) is 19.4 Å². The first-order chi connectivity index (χ1) is 15.5. The topological polar surface area (TPSA) is 95.9 Å². The lowest BCUT2D eigenvalue weighted by molar-refractivity contribution is -0.141. The molecule has 32 heavy (non-hydrogen) atoms. The van der Waals surface area contributed by atoms with Crippen molar-refractivity contribution < 1.29 is 24.2 Å². The van der Waals surface area contributed by atoms with Crippen LogP contribution in [-0.4, -0.2) is 54.2 Å². The van der Waals surface area contributed by atoms with Gasteiger partial charge in [-0.05, 0) is 35.1 Å². The summed E-state index contributed by atoms with van der Waals surface area (Å²) >= 11 is 0. The summed E-state index contributed by atoms with van der Waals surface area (Å²) in [6, 6.07) is 16.3. The van der Waals surface area contributed by atoms with E-state index < -0.39 is 23.9 Å². The molecule has 2 unspecified atom stereocenters. The fourth-order valence-corrected chi connectivity index (χ4v) is 4.68. The lowest BCUT2D eigenvalue weighted by atomic mass is 9.98. The molecule has 4 rings (SSSR count). The number of nitrogens with zero attached hydrogens (tertiary/aromatic N) is 1. The largest absolute Gasteiger partial charge is 0.481 e. The highest BCUT2D eigenvalue weighted by Crippen LogP contribution is 2.44. The average Bonchev–Trinajstić information content (AvgIpc) is 3.42. The summed E-state index contributed by atoms with van der Waals surface area (Å²) in [5.41, 5.74) is 4.62. The summed E-state index contributed by atoms with van der Waals surface area (Å²) in [5.74, 6) is -1.91. The Kier molecular flexibility index (Phi) is 6.44. The van der Waals surface area contributed by atoms with Gasteiger partial charge in [0.1, 0.15) is 6.61 Å². The highest BCUT2D eigenvalue weighted by atomic mass is 16.5. The zero-order chi connectivity index (χ0) is 22.7. The number of carbonyl (C=O) groups is 3. The normalized spacial score (nSPS) is 18.0. The molecule has 7 nitrogen and oxygen atoms in total. The number of likely N-dealkylation sites (tertiary alicyclic amines) is 1. The summed E-state index contributed by atoms with van der Waals surface area (Å²) in [7, 11) is 0. The highest BCUT2D eigenvalue weighted by molar-refractivity contribution is 5.82. The van der Waals surface area contributed by atoms with Crippen LogP contribution < -0.4 is 5.32 Å². The van der Waals surface area contributed by atoms with Crippen LogP contribution in [-0.2, 0) is 14.3 Å². The van der Waals surface area contributed by atoms with Crippen LogP contribution >= 0.6 is 0 Å². The number of amides is 2. The number of benzene rings is 2. The molecule has 0 radical (unpaired) electrons. The third kappa shape index (κ3) is 4.33. The molecule has 0 spiro atoms. The molecule has 7 heteroatoms. The van der Waals surface area contributed by atoms with Crippen LogP contribution in [0.1, 0.15) is 36.8 Å². The predicted octanol–water partition coefficient (Wildman–Crippen LogP) is 3.48. The van der Waals surface area contributed by atoms with E-state index in [4.69, 9.17) is 9.84 Å². The summed E-state index contributed by atoms with van der Waals surface area (Å²) in [6.07, 6.45) is 0.469. The van der Waals surface area contributed by atoms with Crippen molar-refractivity contribution in [2.45, 2.75) is 25.7 Å². The standard InChI is InChI=1S/C25H28N2O5/c1-2-16(23(28)27-12-11-17(14-27)24(29)30)13-26-25(31)32-15-22-20-9-5-3-7-18(20)19-8-4-6-10-21(19)22/h3-10,16-17,22H,2,11-15H2,1H3,(H,26,31)(H,29,30). The van der Waals surface area contributed by atoms with Gasteiger partial charge in [-0.15, -0.1) is 0 Å². The third-order valence-corrected chi connectivity index (χ3v) is 6.53. The molecule has 1 fully saturated rings. The smallest absolute Gasteiger partial charge is 0.407 e. The Labute approximate surface area is 187 Å². The molecule has 2 aromatic carbocycles. The van der Waals surface area contributed by atoms with Gasteiger partial charge in [0.05, 0.1) is 11.8 Å². The molecule has 1 aliphatic heterocycles. The van der Waals surface area contributed by atoms with E-state index in [-0.39, 0.29) is 31.5 Å². The molecule has 2 aliphatic rings. The van der Waals surface area contributed by atoms with Gasteiger partial charge >= 0.3 is 12.1 Å². The van der Waals surface area contributed by atoms with Crippen molar-refractivity contribution in [2.75, 3.05) is 26.2 Å². The molecule has 2 N–H and O–H groups in total. The van der Waals surface area contributed by atoms with E-state index in [1.165, 1.54) is 11.1 Å². The minimum absolute atomic E-state index is 0.0192. The molecule has 0 saturated carbocycles. The quantitative estimate of drug-likeness (QED) is 0.693. The number of aliphatic carboxylic acids is 1. The summed E-state index contributed by atoms with van der Waals surface area (Å²) < 4.78 is 5.54. The van der Waals surface area contributed by atoms with Gasteiger partial charge in [0, 0.05) is 25.6 Å². The Morgan fingerprint density at radius 3 is 2.28 bits per heavy atom. The first kappa shape index (κ1) is 21.9. The van der Waals surface area contributed by atoms with Gasteiger partial charge in [-0.2, -0.15) is 0 Å². The Bertz CT molecular complexity index is 975. The van der Waals surface area contributed by atoms with E-state index in [9.17, 15) is 14.4 Å². The number of hydrogen-bond donors (Lipinski definition) is 2. The molecule has 0 aromatic heterocycles. The van der Waals surface area contributed by atoms with Crippen LogP contribution in [0.25, 0.3) is 11.1 Å². The second kappa shape index (κ2) is 9.42. The first-order valence-electron chi connectivity index (χ1n) is 11.1. The molecule has 2 amide bonds. The van der Waals surface area contributed by atoms with Crippen molar-refractivity contribution in [2.24, 2.45) is 11.8 Å². The SMILES string of the molecule is CCC(CNC(=O)OCC1c2ccccc2-c2ccccc21)C(=O)N1CCC(C(=O)O)C1. The lowest BCUT2D eigenvalue weighted by Crippen LogP contribution is -2.41. The summed E-state index contributed by atoms with van der Waals surface area (Å²) in [4.78, 5) is 37.9. The minimum atomic E-state index is -0.870. The number of carboxylic acids is 1. The fraction of sp³-hybridized carbons (Fsp3) is 0.400. The number of nitrogens with one attached hydrogen (secondary N) is 1. The minimum Gasteiger partial charge on any atom is -0.481 e. The summed E-state index contributed by atoms with van der Waals surface area (Å²) in [6.45, 7) is 2.94. The number of ether oxygens (including phenoxy) is 1. The maximum Gasteiger partial charge on any atom is 0.407 e. The van der Waals surface area contributed by atoms with Crippen molar-refractivity contribution in [3.8, 4) is 11.1 Å². The Morgan fingerprint density at radius 1 is 1.09 bits per heavy atom. The van der Waals surface area contributed by atoms with Crippen LogP contribution in [0.15, 0.2) is 48.5 Å². The number of carboxylic acid groups (broad SMARTS) is 1. The molecule has 2 aromatic rings. The maximum absolute atomic E-state index is 12.7. The second-order valence-electron chi connectivity index (χ2n) is 8.42. The van der Waals surface area contributed by atoms with E-state index in [2.05, 4.69) is 29.6 Å². The molecule has 168 valence electrons. The highest BCUT2D eigenvalue weighted by Gasteiger charge is 2.34. The monoisotopic (exact) mass is 436 g/mol. The van der Waals surface area contributed by atoms with Crippen molar-refractivity contribution in [3.05, 3.63) is 59.7 Å². The number of carbonyl (C=O) groups excluding carboxylic acids is 2. The molecule has 1 aliphatic carbocycles. The van der Waals surface area contributed by atoms with Crippen molar-refractivity contribution in [1.29, 1.82) is 0 Å². The van der Waals surface area contributed by atoms with E-state index in [1.54, 1.807) is 4.90 Å². The molecular formula is C25H28N2O5. The zero-order valence-electron chi connectivity index (χ0n) is 18.1. The van der Waals surface area contributed by atoms with Crippen LogP contribution in [0.3, 0.4) is 0 Å². The Balaban J connectivity index is 1.32. The van der Waals surface area contributed by atoms with Crippen LogP contribution in [0.4, 0.5) is 4.79 Å². The van der Waals surface area contributed by atoms with Gasteiger partial charge in [0.15, 0.2) is 0 Å². The van der Waals surface area contributed by atoms with Crippen LogP contribution in [0.5, 0.6) is 0 Å². The number of fused-ring (bicyclic) bond motifs is 3. The third-order valence-electron chi connectivity index (χ3n) is 6.53. The van der Waals surface area contributed by atoms with Gasteiger partial charge in [-0.25, -0.2) is 4.79 Å². The number of hydrogen-bond acceptors (Lipinski definition) is 4. The van der Waals surface area contributed by atoms with Crippen LogP contribution in [0.2, 0.25) is 0 Å². The number of alkyl carbamates (subject to hydrolysis) is 1. The van der Waals surface area contributed by atoms with Gasteiger partial charge in [0.25, 0.3) is 0 Å². The number of rotatable bonds is 7. The van der Waals surface area contributed by atoms with Gasteiger partial charge in [0.2, 0.25) is 5.91 Å². The van der Waals surface area contributed by atoms with E-state index in [1.807, 2.05) is 31.2 Å². The van der Waals surface area contributed by atoms with Crippen molar-refractivity contribution >= 4 is 18.0 Å². The first-order valence-corrected chi connectivity index (χ1v) is 11.1. The maximum atomic E-state index is 12.7. The van der Waals surface area contributed by atoms with Gasteiger partial charge < -0.3 is 20.1 Å². The van der Waals surface area contributed by atoms with Crippen LogP contribution in [0, 0.1) is 11.8 Å². The van der Waals surface area contributed by atoms with Crippen molar-refractivity contribution in [3.63, 3.8) is 0 Å². The molecule has 1 heterocycles. The predicted molar refractivity (Wildman–Crippen MR) is 119 cm³/mol. The lowest BCUT2D eigenvalue weighted by Gasteiger charge is -2.23. The van der Waals surface area contributed by atoms with Crippen molar-refractivity contribution in [1.82, 2.24) is 10.2 Å². The Morgan fingerprint density at radius 2 is 1.72 bits per heavy atom. The van der Waals surface area contributed by atoms with Gasteiger partial charge in [-0.1, -0.05) is 55.5 Å². The molecule has 1 saturated heterocycles. The van der Waals surface area contributed by atoms with Gasteiger partial charge in [-0.3, -0.25) is 9.59 Å². The summed E-state index contributed by atoms with van der Waals surface area (Å²) in [5, 5.41) is 11.9. The second-order valence-corrected chi connectivity index (χ2v) is 8.42. The Hall–Kier alpha value is -3.35. The molecular weight excluding hydrogens is 408 g/mol. The molecule has 2 atom stereocenters. The van der Waals surface area contributed by atoms with E-state index in [0.717, 1.165) is 11.1 Å². The zero-order valence-corrected chi connectivity index (χ0v) is 18.1. The molecule has 0 bridgehead atoms.